The van der Waals surface area contributed by atoms with Crippen molar-refractivity contribution in [3.05, 3.63) is 89.2 Å². The second-order valence-electron chi connectivity index (χ2n) is 7.75. The van der Waals surface area contributed by atoms with Crippen molar-refractivity contribution >= 4 is 21.6 Å². The fraction of sp³-hybridized carbons (Fsp3) is 0.240. The molecule has 8 heteroatoms. The van der Waals surface area contributed by atoms with Crippen molar-refractivity contribution in [1.29, 1.82) is 0 Å². The highest BCUT2D eigenvalue weighted by molar-refractivity contribution is 7.92. The van der Waals surface area contributed by atoms with Crippen molar-refractivity contribution in [1.82, 2.24) is 5.32 Å². The normalized spacial score (nSPS) is 11.2. The second-order valence-corrected chi connectivity index (χ2v) is 9.61. The van der Waals surface area contributed by atoms with Gasteiger partial charge in [0, 0.05) is 0 Å². The first kappa shape index (κ1) is 24.3. The standard InChI is InChI=1S/C25H27FN2O4S/c1-18-4-12-24(13-5-18)33(30,31)28(22-9-6-19(2)20(3)16-22)17-25(29)27-14-15-32-23-10-7-21(26)8-11-23/h4-13,16H,14-15,17H2,1-3H3,(H,27,29). The Balaban J connectivity index is 1.73. The molecular weight excluding hydrogens is 443 g/mol. The van der Waals surface area contributed by atoms with Crippen molar-refractivity contribution in [3.63, 3.8) is 0 Å². The average Bonchev–Trinajstić information content (AvgIpc) is 2.78. The minimum Gasteiger partial charge on any atom is -0.492 e. The highest BCUT2D eigenvalue weighted by atomic mass is 32.2. The van der Waals surface area contributed by atoms with E-state index in [1.807, 2.05) is 26.8 Å². The van der Waals surface area contributed by atoms with Crippen molar-refractivity contribution in [2.75, 3.05) is 24.0 Å². The van der Waals surface area contributed by atoms with Gasteiger partial charge < -0.3 is 10.1 Å². The molecule has 0 spiro atoms. The van der Waals surface area contributed by atoms with Crippen LogP contribution in [0, 0.1) is 26.6 Å². The molecule has 0 atom stereocenters. The predicted molar refractivity (Wildman–Crippen MR) is 127 cm³/mol. The topological polar surface area (TPSA) is 75.7 Å². The van der Waals surface area contributed by atoms with Gasteiger partial charge in [-0.25, -0.2) is 12.8 Å². The maximum absolute atomic E-state index is 13.4. The number of anilines is 1. The van der Waals surface area contributed by atoms with E-state index in [1.165, 1.54) is 36.4 Å². The number of nitrogens with zero attached hydrogens (tertiary/aromatic N) is 1. The third-order valence-corrected chi connectivity index (χ3v) is 6.97. The first-order valence-corrected chi connectivity index (χ1v) is 11.9. The lowest BCUT2D eigenvalue weighted by Gasteiger charge is -2.25. The van der Waals surface area contributed by atoms with Gasteiger partial charge in [-0.1, -0.05) is 23.8 Å². The highest BCUT2D eigenvalue weighted by Gasteiger charge is 2.27. The van der Waals surface area contributed by atoms with E-state index in [-0.39, 0.29) is 30.4 Å². The van der Waals surface area contributed by atoms with Crippen molar-refractivity contribution in [2.45, 2.75) is 25.7 Å². The summed E-state index contributed by atoms with van der Waals surface area (Å²) in [6, 6.07) is 17.3. The smallest absolute Gasteiger partial charge is 0.264 e. The van der Waals surface area contributed by atoms with Gasteiger partial charge in [-0.2, -0.15) is 0 Å². The van der Waals surface area contributed by atoms with Crippen LogP contribution >= 0.6 is 0 Å². The van der Waals surface area contributed by atoms with E-state index in [0.717, 1.165) is 21.0 Å². The zero-order valence-electron chi connectivity index (χ0n) is 18.8. The van der Waals surface area contributed by atoms with Gasteiger partial charge >= 0.3 is 0 Å². The van der Waals surface area contributed by atoms with E-state index in [4.69, 9.17) is 4.74 Å². The van der Waals surface area contributed by atoms with Crippen LogP contribution in [-0.4, -0.2) is 34.0 Å². The summed E-state index contributed by atoms with van der Waals surface area (Å²) in [5.74, 6) is -0.354. The number of carbonyl (C=O) groups excluding carboxylic acids is 1. The highest BCUT2D eigenvalue weighted by Crippen LogP contribution is 2.26. The summed E-state index contributed by atoms with van der Waals surface area (Å²) in [6.45, 7) is 5.65. The van der Waals surface area contributed by atoms with Crippen LogP contribution < -0.4 is 14.4 Å². The Bertz CT molecular complexity index is 1210. The molecule has 6 nitrogen and oxygen atoms in total. The van der Waals surface area contributed by atoms with Crippen LogP contribution in [0.15, 0.2) is 71.6 Å². The summed E-state index contributed by atoms with van der Waals surface area (Å²) in [4.78, 5) is 12.8. The molecule has 1 amide bonds. The Morgan fingerprint density at radius 2 is 1.61 bits per heavy atom. The first-order chi connectivity index (χ1) is 15.7. The summed E-state index contributed by atoms with van der Waals surface area (Å²) in [6.07, 6.45) is 0. The van der Waals surface area contributed by atoms with Crippen LogP contribution in [0.2, 0.25) is 0 Å². The van der Waals surface area contributed by atoms with Gasteiger partial charge in [0.1, 0.15) is 24.7 Å². The van der Waals surface area contributed by atoms with Gasteiger partial charge in [-0.3, -0.25) is 9.10 Å². The maximum atomic E-state index is 13.4. The molecule has 1 N–H and O–H groups in total. The number of sulfonamides is 1. The number of ether oxygens (including phenoxy) is 1. The summed E-state index contributed by atoms with van der Waals surface area (Å²) >= 11 is 0. The van der Waals surface area contributed by atoms with Crippen LogP contribution in [0.4, 0.5) is 10.1 Å². The molecule has 0 radical (unpaired) electrons. The molecule has 0 unspecified atom stereocenters. The van der Waals surface area contributed by atoms with Gasteiger partial charge in [0.25, 0.3) is 10.0 Å². The summed E-state index contributed by atoms with van der Waals surface area (Å²) < 4.78 is 46.4. The molecule has 0 aliphatic heterocycles. The monoisotopic (exact) mass is 470 g/mol. The van der Waals surface area contributed by atoms with Crippen LogP contribution in [0.1, 0.15) is 16.7 Å². The van der Waals surface area contributed by atoms with Gasteiger partial charge in [0.05, 0.1) is 17.1 Å². The van der Waals surface area contributed by atoms with E-state index in [9.17, 15) is 17.6 Å². The SMILES string of the molecule is Cc1ccc(S(=O)(=O)N(CC(=O)NCCOc2ccc(F)cc2)c2ccc(C)c(C)c2)cc1. The number of benzene rings is 3. The van der Waals surface area contributed by atoms with Crippen LogP contribution in [0.5, 0.6) is 5.75 Å². The molecule has 0 fully saturated rings. The first-order valence-electron chi connectivity index (χ1n) is 10.5. The molecule has 0 aliphatic carbocycles. The number of amides is 1. The molecule has 174 valence electrons. The van der Waals surface area contributed by atoms with E-state index in [2.05, 4.69) is 5.32 Å². The number of rotatable bonds is 9. The third-order valence-electron chi connectivity index (χ3n) is 5.18. The van der Waals surface area contributed by atoms with Crippen molar-refractivity contribution < 1.29 is 22.3 Å². The average molecular weight is 471 g/mol. The van der Waals surface area contributed by atoms with Gasteiger partial charge in [0.15, 0.2) is 0 Å². The fourth-order valence-corrected chi connectivity index (χ4v) is 4.52. The molecule has 0 aromatic heterocycles. The lowest BCUT2D eigenvalue weighted by atomic mass is 10.1. The summed E-state index contributed by atoms with van der Waals surface area (Å²) in [7, 11) is -3.97. The van der Waals surface area contributed by atoms with E-state index in [1.54, 1.807) is 24.3 Å². The summed E-state index contributed by atoms with van der Waals surface area (Å²) in [5.41, 5.74) is 3.29. The molecule has 0 saturated carbocycles. The lowest BCUT2D eigenvalue weighted by Crippen LogP contribution is -2.42. The molecule has 0 heterocycles. The Labute approximate surface area is 194 Å². The fourth-order valence-electron chi connectivity index (χ4n) is 3.11. The quantitative estimate of drug-likeness (QED) is 0.477. The zero-order valence-corrected chi connectivity index (χ0v) is 19.7. The van der Waals surface area contributed by atoms with E-state index < -0.39 is 15.9 Å². The van der Waals surface area contributed by atoms with E-state index in [0.29, 0.717) is 11.4 Å². The largest absolute Gasteiger partial charge is 0.492 e. The zero-order chi connectivity index (χ0) is 24.0. The minimum atomic E-state index is -3.97. The molecule has 3 rings (SSSR count). The molecule has 0 bridgehead atoms. The molecule has 3 aromatic rings. The van der Waals surface area contributed by atoms with E-state index >= 15 is 0 Å². The van der Waals surface area contributed by atoms with Crippen LogP contribution in [0.3, 0.4) is 0 Å². The number of hydrogen-bond donors (Lipinski definition) is 1. The Morgan fingerprint density at radius 3 is 2.24 bits per heavy atom. The summed E-state index contributed by atoms with van der Waals surface area (Å²) in [5, 5.41) is 2.68. The second kappa shape index (κ2) is 10.5. The van der Waals surface area contributed by atoms with Crippen LogP contribution in [0.25, 0.3) is 0 Å². The number of aryl methyl sites for hydroxylation is 3. The predicted octanol–water partition coefficient (Wildman–Crippen LogP) is 4.14. The number of halogens is 1. The molecule has 0 saturated heterocycles. The number of hydrogen-bond acceptors (Lipinski definition) is 4. The van der Waals surface area contributed by atoms with Gasteiger partial charge in [-0.15, -0.1) is 0 Å². The molecule has 33 heavy (non-hydrogen) atoms. The van der Waals surface area contributed by atoms with Gasteiger partial charge in [0.2, 0.25) is 5.91 Å². The lowest BCUT2D eigenvalue weighted by molar-refractivity contribution is -0.119. The van der Waals surface area contributed by atoms with Crippen molar-refractivity contribution in [3.8, 4) is 5.75 Å². The maximum Gasteiger partial charge on any atom is 0.264 e. The minimum absolute atomic E-state index is 0.110. The molecule has 0 aliphatic rings. The Morgan fingerprint density at radius 1 is 0.939 bits per heavy atom. The Kier molecular flexibility index (Phi) is 7.71. The van der Waals surface area contributed by atoms with Crippen molar-refractivity contribution in [2.24, 2.45) is 0 Å². The molecule has 3 aromatic carbocycles. The number of nitrogens with one attached hydrogen (secondary N) is 1. The van der Waals surface area contributed by atoms with Gasteiger partial charge in [-0.05, 0) is 80.4 Å². The van der Waals surface area contributed by atoms with Crippen LogP contribution in [-0.2, 0) is 14.8 Å². The third kappa shape index (κ3) is 6.32. The molecular formula is C25H27FN2O4S. The number of carbonyl (C=O) groups is 1. The Hall–Kier alpha value is -3.39.